The third-order valence-electron chi connectivity index (χ3n) is 3.10. The molecular formula is C13H17NO. The lowest BCUT2D eigenvalue weighted by Gasteiger charge is -2.08. The minimum Gasteiger partial charge on any atom is -0.326 e. The molecule has 0 heterocycles. The standard InChI is InChI=1S/C13H17NO/c1-8-4-5-9(2)12(6-8)14-13(15)11-7-10(11)3/h4-6,10-11H,7H2,1-3H3,(H,14,15). The summed E-state index contributed by atoms with van der Waals surface area (Å²) in [5.74, 6) is 0.983. The largest absolute Gasteiger partial charge is 0.326 e. The fourth-order valence-electron chi connectivity index (χ4n) is 1.78. The van der Waals surface area contributed by atoms with Gasteiger partial charge in [0, 0.05) is 11.6 Å². The van der Waals surface area contributed by atoms with Crippen molar-refractivity contribution in [2.75, 3.05) is 5.32 Å². The Balaban J connectivity index is 2.10. The molecule has 1 saturated carbocycles. The molecule has 1 aromatic rings. The minimum absolute atomic E-state index is 0.177. The Hall–Kier alpha value is -1.31. The molecule has 1 fully saturated rings. The predicted octanol–water partition coefficient (Wildman–Crippen LogP) is 2.90. The van der Waals surface area contributed by atoms with Gasteiger partial charge in [-0.05, 0) is 43.4 Å². The second-order valence-electron chi connectivity index (χ2n) is 4.63. The molecule has 2 heteroatoms. The molecule has 0 spiro atoms. The van der Waals surface area contributed by atoms with Crippen LogP contribution in [0.1, 0.15) is 24.5 Å². The first-order valence-electron chi connectivity index (χ1n) is 5.46. The smallest absolute Gasteiger partial charge is 0.227 e. The summed E-state index contributed by atoms with van der Waals surface area (Å²) < 4.78 is 0. The van der Waals surface area contributed by atoms with Crippen LogP contribution in [0.15, 0.2) is 18.2 Å². The highest BCUT2D eigenvalue weighted by Crippen LogP contribution is 2.38. The number of carbonyl (C=O) groups is 1. The molecular weight excluding hydrogens is 186 g/mol. The molecule has 1 amide bonds. The number of aryl methyl sites for hydroxylation is 2. The van der Waals surface area contributed by atoms with Gasteiger partial charge in [0.05, 0.1) is 0 Å². The maximum Gasteiger partial charge on any atom is 0.227 e. The van der Waals surface area contributed by atoms with Crippen LogP contribution in [-0.2, 0) is 4.79 Å². The molecule has 2 atom stereocenters. The Morgan fingerprint density at radius 1 is 1.40 bits per heavy atom. The van der Waals surface area contributed by atoms with E-state index < -0.39 is 0 Å². The van der Waals surface area contributed by atoms with Gasteiger partial charge in [-0.15, -0.1) is 0 Å². The second-order valence-corrected chi connectivity index (χ2v) is 4.63. The highest BCUT2D eigenvalue weighted by Gasteiger charge is 2.39. The Labute approximate surface area is 90.7 Å². The number of hydrogen-bond acceptors (Lipinski definition) is 1. The van der Waals surface area contributed by atoms with Crippen molar-refractivity contribution in [3.63, 3.8) is 0 Å². The molecule has 0 saturated heterocycles. The average molecular weight is 203 g/mol. The Morgan fingerprint density at radius 3 is 2.67 bits per heavy atom. The molecule has 1 aliphatic carbocycles. The monoisotopic (exact) mass is 203 g/mol. The lowest BCUT2D eigenvalue weighted by Crippen LogP contribution is -2.15. The average Bonchev–Trinajstić information content (AvgIpc) is 2.89. The number of nitrogens with one attached hydrogen (secondary N) is 1. The molecule has 0 bridgehead atoms. The third kappa shape index (κ3) is 2.20. The van der Waals surface area contributed by atoms with Crippen LogP contribution in [0, 0.1) is 25.7 Å². The number of benzene rings is 1. The van der Waals surface area contributed by atoms with Crippen LogP contribution >= 0.6 is 0 Å². The van der Waals surface area contributed by atoms with Gasteiger partial charge in [-0.2, -0.15) is 0 Å². The lowest BCUT2D eigenvalue weighted by atomic mass is 10.1. The van der Waals surface area contributed by atoms with Crippen molar-refractivity contribution in [2.24, 2.45) is 11.8 Å². The minimum atomic E-state index is 0.177. The number of rotatable bonds is 2. The Morgan fingerprint density at radius 2 is 2.07 bits per heavy atom. The van der Waals surface area contributed by atoms with E-state index in [2.05, 4.69) is 18.3 Å². The topological polar surface area (TPSA) is 29.1 Å². The van der Waals surface area contributed by atoms with Gasteiger partial charge in [-0.1, -0.05) is 19.1 Å². The summed E-state index contributed by atoms with van der Waals surface area (Å²) in [4.78, 5) is 11.7. The molecule has 0 aliphatic heterocycles. The van der Waals surface area contributed by atoms with Crippen LogP contribution < -0.4 is 5.32 Å². The Kier molecular flexibility index (Phi) is 2.51. The van der Waals surface area contributed by atoms with E-state index in [0.29, 0.717) is 5.92 Å². The summed E-state index contributed by atoms with van der Waals surface area (Å²) in [5, 5.41) is 3.00. The van der Waals surface area contributed by atoms with Crippen molar-refractivity contribution in [1.29, 1.82) is 0 Å². The fraction of sp³-hybridized carbons (Fsp3) is 0.462. The molecule has 1 aliphatic rings. The molecule has 15 heavy (non-hydrogen) atoms. The lowest BCUT2D eigenvalue weighted by molar-refractivity contribution is -0.117. The van der Waals surface area contributed by atoms with Crippen LogP contribution in [0.4, 0.5) is 5.69 Å². The summed E-state index contributed by atoms with van der Waals surface area (Å²) >= 11 is 0. The van der Waals surface area contributed by atoms with E-state index in [1.807, 2.05) is 26.0 Å². The highest BCUT2D eigenvalue weighted by atomic mass is 16.2. The van der Waals surface area contributed by atoms with E-state index in [-0.39, 0.29) is 11.8 Å². The summed E-state index contributed by atoms with van der Waals surface area (Å²) in [7, 11) is 0. The van der Waals surface area contributed by atoms with Crippen molar-refractivity contribution in [3.05, 3.63) is 29.3 Å². The maximum atomic E-state index is 11.7. The van der Waals surface area contributed by atoms with Gasteiger partial charge >= 0.3 is 0 Å². The van der Waals surface area contributed by atoms with Gasteiger partial charge in [-0.3, -0.25) is 4.79 Å². The molecule has 2 nitrogen and oxygen atoms in total. The normalized spacial score (nSPS) is 23.7. The van der Waals surface area contributed by atoms with E-state index >= 15 is 0 Å². The number of hydrogen-bond donors (Lipinski definition) is 1. The zero-order chi connectivity index (χ0) is 11.0. The van der Waals surface area contributed by atoms with Crippen molar-refractivity contribution in [1.82, 2.24) is 0 Å². The molecule has 80 valence electrons. The van der Waals surface area contributed by atoms with Crippen LogP contribution in [0.5, 0.6) is 0 Å². The Bertz CT molecular complexity index is 398. The SMILES string of the molecule is Cc1ccc(C)c(NC(=O)C2CC2C)c1. The second kappa shape index (κ2) is 3.69. The summed E-state index contributed by atoms with van der Waals surface area (Å²) in [6.45, 7) is 6.17. The van der Waals surface area contributed by atoms with Crippen molar-refractivity contribution in [3.8, 4) is 0 Å². The zero-order valence-electron chi connectivity index (χ0n) is 9.50. The summed E-state index contributed by atoms with van der Waals surface area (Å²) in [5.41, 5.74) is 3.26. The van der Waals surface area contributed by atoms with Crippen LogP contribution in [0.25, 0.3) is 0 Å². The van der Waals surface area contributed by atoms with E-state index in [0.717, 1.165) is 17.7 Å². The predicted molar refractivity (Wildman–Crippen MR) is 61.8 cm³/mol. The first kappa shape index (κ1) is 10.2. The van der Waals surface area contributed by atoms with Crippen LogP contribution in [0.2, 0.25) is 0 Å². The van der Waals surface area contributed by atoms with Gasteiger partial charge in [-0.25, -0.2) is 0 Å². The maximum absolute atomic E-state index is 11.7. The van der Waals surface area contributed by atoms with E-state index in [9.17, 15) is 4.79 Å². The van der Waals surface area contributed by atoms with Crippen molar-refractivity contribution in [2.45, 2.75) is 27.2 Å². The third-order valence-corrected chi connectivity index (χ3v) is 3.10. The first-order valence-corrected chi connectivity index (χ1v) is 5.46. The molecule has 2 unspecified atom stereocenters. The van der Waals surface area contributed by atoms with Gasteiger partial charge in [0.25, 0.3) is 0 Å². The molecule has 1 aromatic carbocycles. The number of anilines is 1. The van der Waals surface area contributed by atoms with E-state index in [1.54, 1.807) is 0 Å². The summed E-state index contributed by atoms with van der Waals surface area (Å²) in [6, 6.07) is 6.13. The van der Waals surface area contributed by atoms with Crippen molar-refractivity contribution < 1.29 is 4.79 Å². The van der Waals surface area contributed by atoms with Crippen molar-refractivity contribution >= 4 is 11.6 Å². The molecule has 0 aromatic heterocycles. The van der Waals surface area contributed by atoms with E-state index in [4.69, 9.17) is 0 Å². The molecule has 1 N–H and O–H groups in total. The van der Waals surface area contributed by atoms with Gasteiger partial charge in [0.15, 0.2) is 0 Å². The molecule has 0 radical (unpaired) electrons. The highest BCUT2D eigenvalue weighted by molar-refractivity contribution is 5.95. The number of carbonyl (C=O) groups excluding carboxylic acids is 1. The quantitative estimate of drug-likeness (QED) is 0.786. The van der Waals surface area contributed by atoms with Gasteiger partial charge in [0.2, 0.25) is 5.91 Å². The summed E-state index contributed by atoms with van der Waals surface area (Å²) in [6.07, 6.45) is 1.04. The zero-order valence-corrected chi connectivity index (χ0v) is 9.50. The van der Waals surface area contributed by atoms with Gasteiger partial charge < -0.3 is 5.32 Å². The van der Waals surface area contributed by atoms with Crippen LogP contribution in [0.3, 0.4) is 0 Å². The van der Waals surface area contributed by atoms with Gasteiger partial charge in [0.1, 0.15) is 0 Å². The van der Waals surface area contributed by atoms with Crippen LogP contribution in [-0.4, -0.2) is 5.91 Å². The fourth-order valence-corrected chi connectivity index (χ4v) is 1.78. The van der Waals surface area contributed by atoms with E-state index in [1.165, 1.54) is 5.56 Å². The number of amides is 1. The first-order chi connectivity index (χ1) is 7.08. The molecule has 2 rings (SSSR count).